The van der Waals surface area contributed by atoms with Crippen LogP contribution in [0.4, 0.5) is 0 Å². The van der Waals surface area contributed by atoms with Crippen LogP contribution in [0.5, 0.6) is 0 Å². The molecule has 0 bridgehead atoms. The summed E-state index contributed by atoms with van der Waals surface area (Å²) in [5.41, 5.74) is 7.23. The van der Waals surface area contributed by atoms with E-state index in [4.69, 9.17) is 15.9 Å². The number of nitrogen functional groups attached to an aromatic ring is 1. The van der Waals surface area contributed by atoms with E-state index in [1.54, 1.807) is 6.07 Å². The first-order chi connectivity index (χ1) is 16.9. The number of nitrogens with two attached hydrogens (primary N) is 1. The van der Waals surface area contributed by atoms with Gasteiger partial charge in [0.15, 0.2) is 0 Å². The lowest BCUT2D eigenvalue weighted by Crippen LogP contribution is -2.49. The number of rotatable bonds is 8. The number of piperidine rings is 1. The smallest absolute Gasteiger partial charge is 0.308 e. The third-order valence-corrected chi connectivity index (χ3v) is 7.25. The van der Waals surface area contributed by atoms with Gasteiger partial charge in [-0.2, -0.15) is 0 Å². The predicted octanol–water partition coefficient (Wildman–Crippen LogP) is 3.74. The summed E-state index contributed by atoms with van der Waals surface area (Å²) >= 11 is 1.44. The lowest BCUT2D eigenvalue weighted by Gasteiger charge is -2.33. The van der Waals surface area contributed by atoms with Crippen molar-refractivity contribution < 1.29 is 14.3 Å². The number of carbonyl (C=O) groups excluding carboxylic acids is 2. The highest BCUT2D eigenvalue weighted by Crippen LogP contribution is 2.24. The van der Waals surface area contributed by atoms with Crippen LogP contribution < -0.4 is 10.5 Å². The van der Waals surface area contributed by atoms with Crippen molar-refractivity contribution in [3.8, 4) is 0 Å². The van der Waals surface area contributed by atoms with Gasteiger partial charge in [-0.25, -0.2) is 4.72 Å². The van der Waals surface area contributed by atoms with Gasteiger partial charge in [-0.1, -0.05) is 48.5 Å². The van der Waals surface area contributed by atoms with E-state index in [2.05, 4.69) is 29.0 Å². The molecule has 35 heavy (non-hydrogen) atoms. The number of likely N-dealkylation sites (tertiary alicyclic amines) is 1. The largest absolute Gasteiger partial charge is 0.469 e. The first-order valence-electron chi connectivity index (χ1n) is 11.7. The minimum Gasteiger partial charge on any atom is -0.469 e. The maximum Gasteiger partial charge on any atom is 0.308 e. The van der Waals surface area contributed by atoms with Crippen LogP contribution in [-0.2, 0) is 20.7 Å². The van der Waals surface area contributed by atoms with Crippen molar-refractivity contribution in [2.45, 2.75) is 30.2 Å². The van der Waals surface area contributed by atoms with Gasteiger partial charge in [0.1, 0.15) is 11.9 Å². The van der Waals surface area contributed by atoms with Crippen LogP contribution in [0.2, 0.25) is 0 Å². The standard InChI is InChI=1S/C27H30N4O3S/c1-34-27(33)20-11-13-31(14-12-20)26(32)24(16-18-5-4-8-22(15-18)25(28)29)30-35-23-10-9-19-6-2-3-7-21(19)17-23/h2-10,15,17,20,24,30H,11-14,16H2,1H3,(H3,28,29). The van der Waals surface area contributed by atoms with E-state index in [-0.39, 0.29) is 23.6 Å². The van der Waals surface area contributed by atoms with Crippen molar-refractivity contribution in [2.75, 3.05) is 20.2 Å². The zero-order chi connectivity index (χ0) is 24.8. The van der Waals surface area contributed by atoms with E-state index in [0.29, 0.717) is 37.9 Å². The number of hydrogen-bond donors (Lipinski definition) is 3. The third-order valence-electron chi connectivity index (χ3n) is 6.36. The number of methoxy groups -OCH3 is 1. The number of nitrogens with one attached hydrogen (secondary N) is 2. The van der Waals surface area contributed by atoms with Crippen LogP contribution in [0.3, 0.4) is 0 Å². The molecule has 7 nitrogen and oxygen atoms in total. The van der Waals surface area contributed by atoms with Crippen LogP contribution in [0.1, 0.15) is 24.0 Å². The molecule has 3 aromatic carbocycles. The van der Waals surface area contributed by atoms with Crippen LogP contribution in [0, 0.1) is 11.3 Å². The Bertz CT molecular complexity index is 1220. The van der Waals surface area contributed by atoms with Crippen molar-refractivity contribution >= 4 is 40.4 Å². The van der Waals surface area contributed by atoms with Crippen molar-refractivity contribution in [1.29, 1.82) is 5.41 Å². The Balaban J connectivity index is 1.50. The van der Waals surface area contributed by atoms with E-state index in [1.165, 1.54) is 24.4 Å². The molecule has 1 aliphatic heterocycles. The van der Waals surface area contributed by atoms with E-state index in [0.717, 1.165) is 15.8 Å². The zero-order valence-electron chi connectivity index (χ0n) is 19.7. The van der Waals surface area contributed by atoms with E-state index >= 15 is 0 Å². The minimum absolute atomic E-state index is 0.00175. The van der Waals surface area contributed by atoms with Crippen molar-refractivity contribution in [3.05, 3.63) is 77.9 Å². The number of fused-ring (bicyclic) bond motifs is 1. The summed E-state index contributed by atoms with van der Waals surface area (Å²) < 4.78 is 8.26. The summed E-state index contributed by atoms with van der Waals surface area (Å²) in [5, 5.41) is 10.0. The quantitative estimate of drug-likeness (QED) is 0.192. The zero-order valence-corrected chi connectivity index (χ0v) is 20.5. The molecule has 1 atom stereocenters. The molecule has 1 fully saturated rings. The lowest BCUT2D eigenvalue weighted by atomic mass is 9.96. The Hall–Kier alpha value is -3.36. The fourth-order valence-electron chi connectivity index (χ4n) is 4.37. The number of carbonyl (C=O) groups is 2. The van der Waals surface area contributed by atoms with Crippen LogP contribution in [-0.4, -0.2) is 48.9 Å². The second-order valence-corrected chi connectivity index (χ2v) is 9.63. The number of nitrogens with zero attached hydrogens (tertiary/aromatic N) is 1. The molecule has 4 rings (SSSR count). The second-order valence-electron chi connectivity index (χ2n) is 8.72. The fourth-order valence-corrected chi connectivity index (χ4v) is 5.16. The van der Waals surface area contributed by atoms with Gasteiger partial charge >= 0.3 is 5.97 Å². The van der Waals surface area contributed by atoms with E-state index < -0.39 is 6.04 Å². The van der Waals surface area contributed by atoms with Crippen molar-refractivity contribution in [3.63, 3.8) is 0 Å². The molecule has 0 radical (unpaired) electrons. The van der Waals surface area contributed by atoms with Gasteiger partial charge in [0.05, 0.1) is 13.0 Å². The molecule has 1 unspecified atom stereocenters. The lowest BCUT2D eigenvalue weighted by molar-refractivity contribution is -0.149. The summed E-state index contributed by atoms with van der Waals surface area (Å²) in [5.74, 6) is -0.373. The van der Waals surface area contributed by atoms with E-state index in [1.807, 2.05) is 41.3 Å². The number of amidine groups is 1. The number of hydrogen-bond acceptors (Lipinski definition) is 6. The summed E-state index contributed by atoms with van der Waals surface area (Å²) in [6.07, 6.45) is 1.66. The SMILES string of the molecule is COC(=O)C1CCN(C(=O)C(Cc2cccc(C(=N)N)c2)NSc2ccc3ccccc3c2)CC1. The monoisotopic (exact) mass is 490 g/mol. The molecule has 0 aromatic heterocycles. The summed E-state index contributed by atoms with van der Waals surface area (Å²) in [4.78, 5) is 28.3. The maximum atomic E-state index is 13.6. The Kier molecular flexibility index (Phi) is 8.05. The van der Waals surface area contributed by atoms with Gasteiger partial charge in [-0.15, -0.1) is 0 Å². The minimum atomic E-state index is -0.483. The Morgan fingerprint density at radius 3 is 2.54 bits per heavy atom. The maximum absolute atomic E-state index is 13.6. The first-order valence-corrected chi connectivity index (χ1v) is 12.5. The highest BCUT2D eigenvalue weighted by atomic mass is 32.2. The number of ether oxygens (including phenoxy) is 1. The topological polar surface area (TPSA) is 109 Å². The normalized spacial score (nSPS) is 15.1. The molecule has 1 aliphatic rings. The first kappa shape index (κ1) is 24.8. The van der Waals surface area contributed by atoms with Gasteiger partial charge in [-0.3, -0.25) is 15.0 Å². The van der Waals surface area contributed by atoms with Gasteiger partial charge in [0.2, 0.25) is 5.91 Å². The number of benzene rings is 3. The third kappa shape index (κ3) is 6.21. The van der Waals surface area contributed by atoms with Crippen LogP contribution >= 0.6 is 11.9 Å². The molecule has 1 heterocycles. The molecular weight excluding hydrogens is 460 g/mol. The Labute approximate surface area is 209 Å². The van der Waals surface area contributed by atoms with Crippen molar-refractivity contribution in [2.24, 2.45) is 11.7 Å². The van der Waals surface area contributed by atoms with Crippen LogP contribution in [0.25, 0.3) is 10.8 Å². The average molecular weight is 491 g/mol. The molecule has 4 N–H and O–H groups in total. The van der Waals surface area contributed by atoms with Crippen LogP contribution in [0.15, 0.2) is 71.6 Å². The molecule has 1 saturated heterocycles. The average Bonchev–Trinajstić information content (AvgIpc) is 2.90. The molecule has 0 aliphatic carbocycles. The van der Waals surface area contributed by atoms with E-state index in [9.17, 15) is 9.59 Å². The number of amides is 1. The van der Waals surface area contributed by atoms with Crippen molar-refractivity contribution in [1.82, 2.24) is 9.62 Å². The van der Waals surface area contributed by atoms with Gasteiger partial charge in [0.25, 0.3) is 0 Å². The molecule has 182 valence electrons. The molecule has 3 aromatic rings. The molecule has 0 spiro atoms. The second kappa shape index (κ2) is 11.4. The summed E-state index contributed by atoms with van der Waals surface area (Å²) in [7, 11) is 1.40. The highest BCUT2D eigenvalue weighted by Gasteiger charge is 2.31. The molecule has 8 heteroatoms. The summed E-state index contributed by atoms with van der Waals surface area (Å²) in [6.45, 7) is 1.04. The predicted molar refractivity (Wildman–Crippen MR) is 139 cm³/mol. The van der Waals surface area contributed by atoms with Gasteiger partial charge in [-0.05, 0) is 65.7 Å². The van der Waals surface area contributed by atoms with Gasteiger partial charge in [0, 0.05) is 23.5 Å². The van der Waals surface area contributed by atoms with Gasteiger partial charge < -0.3 is 15.4 Å². The number of esters is 1. The highest BCUT2D eigenvalue weighted by molar-refractivity contribution is 7.97. The Morgan fingerprint density at radius 2 is 1.83 bits per heavy atom. The fraction of sp³-hybridized carbons (Fsp3) is 0.296. The summed E-state index contributed by atoms with van der Waals surface area (Å²) in [6, 6.07) is 21.3. The molecule has 1 amide bonds. The molecule has 0 saturated carbocycles. The Morgan fingerprint density at radius 1 is 1.09 bits per heavy atom. The molecular formula is C27H30N4O3S.